The second-order valence-corrected chi connectivity index (χ2v) is 26.4. The Labute approximate surface area is 232 Å². The van der Waals surface area contributed by atoms with Crippen LogP contribution in [0.4, 0.5) is 0 Å². The summed E-state index contributed by atoms with van der Waals surface area (Å²) in [5, 5.41) is 0.329. The molecule has 0 aromatic heterocycles. The van der Waals surface area contributed by atoms with Gasteiger partial charge >= 0.3 is 0 Å². The number of fused-ring (bicyclic) bond motifs is 5. The van der Waals surface area contributed by atoms with E-state index >= 15 is 0 Å². The van der Waals surface area contributed by atoms with E-state index in [0.29, 0.717) is 11.3 Å². The van der Waals surface area contributed by atoms with Crippen LogP contribution >= 0.6 is 0 Å². The minimum absolute atomic E-state index is 0.164. The molecule has 0 aromatic carbocycles. The Morgan fingerprint density at radius 2 is 1.35 bits per heavy atom. The van der Waals surface area contributed by atoms with E-state index in [-0.39, 0.29) is 15.5 Å². The molecular formula is C33H60O2Si2. The average molecular weight is 545 g/mol. The van der Waals surface area contributed by atoms with Crippen LogP contribution in [0.3, 0.4) is 0 Å². The van der Waals surface area contributed by atoms with Gasteiger partial charge < -0.3 is 8.85 Å². The number of allylic oxidation sites excluding steroid dienone is 3. The van der Waals surface area contributed by atoms with Crippen molar-refractivity contribution in [2.24, 2.45) is 28.6 Å². The van der Waals surface area contributed by atoms with Crippen molar-refractivity contribution in [3.05, 3.63) is 23.3 Å². The highest BCUT2D eigenvalue weighted by molar-refractivity contribution is 6.75. The Balaban J connectivity index is 1.72. The van der Waals surface area contributed by atoms with Crippen LogP contribution < -0.4 is 0 Å². The van der Waals surface area contributed by atoms with Crippen molar-refractivity contribution in [2.45, 2.75) is 156 Å². The molecule has 2 nitrogen and oxygen atoms in total. The predicted octanol–water partition coefficient (Wildman–Crippen LogP) is 10.6. The molecular weight excluding hydrogens is 485 g/mol. The van der Waals surface area contributed by atoms with Gasteiger partial charge in [0.05, 0.1) is 0 Å². The fraction of sp³-hybridized carbons (Fsp3) is 0.879. The molecule has 4 rings (SSSR count). The molecule has 4 aliphatic carbocycles. The van der Waals surface area contributed by atoms with E-state index < -0.39 is 22.4 Å². The lowest BCUT2D eigenvalue weighted by Gasteiger charge is -2.59. The van der Waals surface area contributed by atoms with E-state index in [1.807, 2.05) is 0 Å². The number of hydrogen-bond donors (Lipinski definition) is 0. The highest BCUT2D eigenvalue weighted by Gasteiger charge is 2.59. The summed E-state index contributed by atoms with van der Waals surface area (Å²) in [6, 6.07) is 0. The molecule has 0 unspecified atom stereocenters. The Hall–Kier alpha value is -0.166. The maximum atomic E-state index is 7.40. The van der Waals surface area contributed by atoms with Gasteiger partial charge in [-0.25, -0.2) is 0 Å². The van der Waals surface area contributed by atoms with Crippen molar-refractivity contribution >= 4 is 16.6 Å². The number of rotatable bonds is 5. The van der Waals surface area contributed by atoms with Gasteiger partial charge in [-0.2, -0.15) is 0 Å². The molecule has 0 aliphatic heterocycles. The summed E-state index contributed by atoms with van der Waals surface area (Å²) in [7, 11) is -4.05. The van der Waals surface area contributed by atoms with E-state index in [9.17, 15) is 0 Å². The summed E-state index contributed by atoms with van der Waals surface area (Å²) in [5.41, 5.74) is 4.19. The molecule has 3 saturated carbocycles. The molecule has 212 valence electrons. The number of hydrogen-bond acceptors (Lipinski definition) is 2. The van der Waals surface area contributed by atoms with Crippen LogP contribution in [0.15, 0.2) is 23.3 Å². The van der Waals surface area contributed by atoms with Gasteiger partial charge in [0.2, 0.25) is 0 Å². The Kier molecular flexibility index (Phi) is 7.39. The Bertz CT molecular complexity index is 918. The van der Waals surface area contributed by atoms with Gasteiger partial charge in [0.15, 0.2) is 22.4 Å². The van der Waals surface area contributed by atoms with Gasteiger partial charge in [0.25, 0.3) is 0 Å². The minimum Gasteiger partial charge on any atom is -0.390 e. The fourth-order valence-electron chi connectivity index (χ4n) is 8.16. The van der Waals surface area contributed by atoms with Gasteiger partial charge in [-0.3, -0.25) is 0 Å². The first-order valence-electron chi connectivity index (χ1n) is 15.5. The van der Waals surface area contributed by atoms with Gasteiger partial charge in [0, 0.05) is 12.8 Å². The lowest BCUT2D eigenvalue weighted by Crippen LogP contribution is -2.60. The summed E-state index contributed by atoms with van der Waals surface area (Å²) < 4.78 is 14.8. The van der Waals surface area contributed by atoms with Gasteiger partial charge in [-0.15, -0.1) is 0 Å². The van der Waals surface area contributed by atoms with Crippen molar-refractivity contribution < 1.29 is 8.85 Å². The first-order valence-corrected chi connectivity index (χ1v) is 21.3. The van der Waals surface area contributed by atoms with Crippen molar-refractivity contribution in [2.75, 3.05) is 0 Å². The van der Waals surface area contributed by atoms with Crippen molar-refractivity contribution in [1.82, 2.24) is 0 Å². The lowest BCUT2D eigenvalue weighted by molar-refractivity contribution is -0.159. The normalized spacial score (nSPS) is 36.3. The van der Waals surface area contributed by atoms with Crippen LogP contribution in [0.1, 0.15) is 114 Å². The van der Waals surface area contributed by atoms with Crippen molar-refractivity contribution in [3.63, 3.8) is 0 Å². The molecule has 0 radical (unpaired) electrons. The minimum atomic E-state index is -2.02. The highest BCUT2D eigenvalue weighted by Crippen LogP contribution is 2.66. The molecule has 4 heteroatoms. The summed E-state index contributed by atoms with van der Waals surface area (Å²) >= 11 is 0. The zero-order chi connectivity index (χ0) is 27.9. The lowest BCUT2D eigenvalue weighted by atomic mass is 9.50. The van der Waals surface area contributed by atoms with Crippen LogP contribution in [0.25, 0.3) is 0 Å². The van der Waals surface area contributed by atoms with Gasteiger partial charge in [0.1, 0.15) is 0 Å². The quantitative estimate of drug-likeness (QED) is 0.253. The summed E-state index contributed by atoms with van der Waals surface area (Å²) in [6.07, 6.45) is 15.3. The molecule has 0 N–H and O–H groups in total. The maximum Gasteiger partial charge on any atom is 0.195 e. The SMILES string of the molecule is CC[C@H]1CC[C@H]2C3=CC=C4CC(O[Si](C)(C)C(C)(C)C)(O[Si](C)(C)C(C)(C)C)CC[C@]4(C)[C@H]3CC[C@]12C. The molecule has 4 aliphatic rings. The van der Waals surface area contributed by atoms with Crippen molar-refractivity contribution in [3.8, 4) is 0 Å². The van der Waals surface area contributed by atoms with Crippen molar-refractivity contribution in [1.29, 1.82) is 0 Å². The molecule has 0 aromatic rings. The van der Waals surface area contributed by atoms with Gasteiger partial charge in [-0.05, 0) is 97.0 Å². The molecule has 37 heavy (non-hydrogen) atoms. The van der Waals surface area contributed by atoms with Crippen LogP contribution in [-0.4, -0.2) is 22.4 Å². The zero-order valence-electron chi connectivity index (χ0n) is 26.9. The molecule has 0 heterocycles. The second-order valence-electron chi connectivity index (χ2n) is 16.9. The van der Waals surface area contributed by atoms with E-state index in [1.165, 1.54) is 38.5 Å². The van der Waals surface area contributed by atoms with Crippen LogP contribution in [0, 0.1) is 28.6 Å². The zero-order valence-corrected chi connectivity index (χ0v) is 28.9. The fourth-order valence-corrected chi connectivity index (χ4v) is 11.1. The molecule has 0 spiro atoms. The van der Waals surface area contributed by atoms with E-state index in [0.717, 1.165) is 24.7 Å². The molecule has 3 fully saturated rings. The Morgan fingerprint density at radius 1 is 0.784 bits per heavy atom. The third-order valence-electron chi connectivity index (χ3n) is 12.8. The monoisotopic (exact) mass is 544 g/mol. The van der Waals surface area contributed by atoms with Gasteiger partial charge in [-0.1, -0.05) is 92.0 Å². The molecule has 0 saturated heterocycles. The summed E-state index contributed by atoms with van der Waals surface area (Å²) in [6.45, 7) is 31.5. The van der Waals surface area contributed by atoms with Crippen LogP contribution in [0.2, 0.25) is 36.3 Å². The maximum absolute atomic E-state index is 7.40. The third kappa shape index (κ3) is 4.86. The smallest absolute Gasteiger partial charge is 0.195 e. The molecule has 0 amide bonds. The molecule has 5 atom stereocenters. The third-order valence-corrected chi connectivity index (χ3v) is 21.8. The summed E-state index contributed by atoms with van der Waals surface area (Å²) in [5.74, 6) is 1.93. The summed E-state index contributed by atoms with van der Waals surface area (Å²) in [4.78, 5) is 0. The van der Waals surface area contributed by atoms with Crippen LogP contribution in [0.5, 0.6) is 0 Å². The Morgan fingerprint density at radius 3 is 1.86 bits per heavy atom. The van der Waals surface area contributed by atoms with E-state index in [1.54, 1.807) is 11.1 Å². The predicted molar refractivity (Wildman–Crippen MR) is 165 cm³/mol. The first-order chi connectivity index (χ1) is 16.7. The topological polar surface area (TPSA) is 18.5 Å². The molecule has 0 bridgehead atoms. The standard InChI is InChI=1S/C33H60O2Si2/c1-14-24-16-18-27-26-17-15-25-23-33(34-36(10,11)29(2,3)4,35-37(12,13)30(5,6)7)22-21-32(25,9)28(26)19-20-31(24,27)8/h15,17,24,27-28H,14,16,18-23H2,1-13H3/t24-,27-,28-,31+,32-/m0/s1. The second kappa shape index (κ2) is 9.18. The van der Waals surface area contributed by atoms with Crippen LogP contribution in [-0.2, 0) is 8.85 Å². The average Bonchev–Trinajstić information content (AvgIpc) is 3.08. The highest BCUT2D eigenvalue weighted by atomic mass is 28.4. The van der Waals surface area contributed by atoms with E-state index in [4.69, 9.17) is 8.85 Å². The van der Waals surface area contributed by atoms with E-state index in [2.05, 4.69) is 101 Å². The first kappa shape index (κ1) is 29.8. The largest absolute Gasteiger partial charge is 0.390 e.